The van der Waals surface area contributed by atoms with Crippen LogP contribution < -0.4 is 22.1 Å². The second-order valence-corrected chi connectivity index (χ2v) is 19.4. The van der Waals surface area contributed by atoms with Crippen molar-refractivity contribution >= 4 is 79.8 Å². The van der Waals surface area contributed by atoms with Crippen LogP contribution in [0, 0.1) is 11.8 Å². The number of benzene rings is 1. The van der Waals surface area contributed by atoms with E-state index in [-0.39, 0.29) is 29.2 Å². The summed E-state index contributed by atoms with van der Waals surface area (Å²) in [5.74, 6) is 1.88. The summed E-state index contributed by atoms with van der Waals surface area (Å²) in [6.45, 7) is 0.560. The van der Waals surface area contributed by atoms with Gasteiger partial charge >= 0.3 is 0 Å². The molecule has 6 N–H and O–H groups in total. The van der Waals surface area contributed by atoms with Gasteiger partial charge < -0.3 is 31.2 Å². The Morgan fingerprint density at radius 1 is 0.789 bits per heavy atom. The first-order valence-corrected chi connectivity index (χ1v) is 22.8. The summed E-state index contributed by atoms with van der Waals surface area (Å²) in [5, 5.41) is 26.2. The van der Waals surface area contributed by atoms with Crippen LogP contribution in [0.3, 0.4) is 0 Å². The SMILES string of the molecule is Cn1c(SCC(=O)Nc2sc3c(c2C(N)=O)CC(C2CC2c2nnc(SCC(=O)Nc4sc5c(c4C(N)=O)CCC5)n2Cc2ccccc2)CC3)nnc1C1CC1. The number of hydrogen-bond acceptors (Lipinski definition) is 12. The third-order valence-corrected chi connectivity index (χ3v) is 15.8. The third-order valence-electron chi connectivity index (χ3n) is 11.4. The van der Waals surface area contributed by atoms with Crippen molar-refractivity contribution in [2.75, 3.05) is 22.1 Å². The van der Waals surface area contributed by atoms with Crippen LogP contribution in [0.1, 0.15) is 103 Å². The van der Waals surface area contributed by atoms with E-state index >= 15 is 0 Å². The number of fused-ring (bicyclic) bond motifs is 2. The summed E-state index contributed by atoms with van der Waals surface area (Å²) in [4.78, 5) is 53.8. The van der Waals surface area contributed by atoms with Crippen molar-refractivity contribution < 1.29 is 19.2 Å². The highest BCUT2D eigenvalue weighted by molar-refractivity contribution is 8.00. The molecule has 0 radical (unpaired) electrons. The van der Waals surface area contributed by atoms with Crippen LogP contribution in [-0.2, 0) is 48.9 Å². The molecule has 2 saturated carbocycles. The fraction of sp³-hybridized carbons (Fsp3) is 0.436. The second-order valence-electron chi connectivity index (χ2n) is 15.3. The maximum absolute atomic E-state index is 13.2. The number of amides is 4. The van der Waals surface area contributed by atoms with Gasteiger partial charge in [-0.15, -0.1) is 43.1 Å². The number of nitrogens with one attached hydrogen (secondary N) is 2. The molecule has 4 aliphatic rings. The first-order valence-electron chi connectivity index (χ1n) is 19.2. The smallest absolute Gasteiger partial charge is 0.251 e. The molecule has 1 aromatic carbocycles. The lowest BCUT2D eigenvalue weighted by atomic mass is 9.82. The molecule has 0 saturated heterocycles. The first-order chi connectivity index (χ1) is 27.6. The number of thioether (sulfide) groups is 2. The number of carbonyl (C=O) groups is 4. The van der Waals surface area contributed by atoms with Gasteiger partial charge in [-0.2, -0.15) is 0 Å². The van der Waals surface area contributed by atoms with Crippen LogP contribution in [0.5, 0.6) is 0 Å². The molecule has 9 rings (SSSR count). The van der Waals surface area contributed by atoms with Crippen molar-refractivity contribution in [3.63, 3.8) is 0 Å². The third kappa shape index (κ3) is 7.76. The monoisotopic (exact) mass is 842 g/mol. The van der Waals surface area contributed by atoms with Gasteiger partial charge in [0.2, 0.25) is 11.8 Å². The van der Waals surface area contributed by atoms with Crippen LogP contribution in [0.15, 0.2) is 40.6 Å². The number of primary amides is 2. The lowest BCUT2D eigenvalue weighted by molar-refractivity contribution is -0.114. The lowest BCUT2D eigenvalue weighted by Gasteiger charge is -2.23. The molecule has 18 heteroatoms. The molecule has 5 aromatic rings. The minimum atomic E-state index is -0.534. The fourth-order valence-electron chi connectivity index (χ4n) is 8.44. The Morgan fingerprint density at radius 3 is 2.11 bits per heavy atom. The zero-order valence-electron chi connectivity index (χ0n) is 31.3. The summed E-state index contributed by atoms with van der Waals surface area (Å²) < 4.78 is 4.09. The fourth-order valence-corrected chi connectivity index (χ4v) is 12.5. The van der Waals surface area contributed by atoms with Gasteiger partial charge in [-0.25, -0.2) is 0 Å². The highest BCUT2D eigenvalue weighted by Gasteiger charge is 2.48. The lowest BCUT2D eigenvalue weighted by Crippen LogP contribution is -2.22. The van der Waals surface area contributed by atoms with E-state index in [2.05, 4.69) is 42.6 Å². The van der Waals surface area contributed by atoms with Crippen molar-refractivity contribution in [2.24, 2.45) is 30.4 Å². The Balaban J connectivity index is 0.872. The number of hydrogen-bond donors (Lipinski definition) is 4. The number of carbonyl (C=O) groups excluding carboxylic acids is 4. The van der Waals surface area contributed by atoms with Crippen molar-refractivity contribution in [3.8, 4) is 0 Å². The molecule has 3 unspecified atom stereocenters. The molecule has 4 amide bonds. The van der Waals surface area contributed by atoms with E-state index in [1.165, 1.54) is 46.2 Å². The maximum atomic E-state index is 13.2. The van der Waals surface area contributed by atoms with Crippen molar-refractivity contribution in [1.29, 1.82) is 0 Å². The van der Waals surface area contributed by atoms with Gasteiger partial charge in [0.25, 0.3) is 11.8 Å². The summed E-state index contributed by atoms with van der Waals surface area (Å²) in [6.07, 6.45) is 8.34. The average molecular weight is 843 g/mol. The zero-order valence-corrected chi connectivity index (χ0v) is 34.6. The molecule has 4 heterocycles. The summed E-state index contributed by atoms with van der Waals surface area (Å²) in [5.41, 5.74) is 15.6. The topological polar surface area (TPSA) is 206 Å². The van der Waals surface area contributed by atoms with Gasteiger partial charge in [0.1, 0.15) is 21.7 Å². The Bertz CT molecular complexity index is 2400. The maximum Gasteiger partial charge on any atom is 0.251 e. The molecule has 0 aliphatic heterocycles. The Morgan fingerprint density at radius 2 is 1.42 bits per heavy atom. The van der Waals surface area contributed by atoms with Crippen LogP contribution >= 0.6 is 46.2 Å². The molecular weight excluding hydrogens is 801 g/mol. The second kappa shape index (κ2) is 15.7. The number of aryl methyl sites for hydroxylation is 2. The molecule has 3 atom stereocenters. The quantitative estimate of drug-likeness (QED) is 0.0973. The summed E-state index contributed by atoms with van der Waals surface area (Å²) in [6, 6.07) is 10.1. The molecule has 57 heavy (non-hydrogen) atoms. The van der Waals surface area contributed by atoms with E-state index in [1.807, 2.05) is 29.8 Å². The molecule has 2 fully saturated rings. The van der Waals surface area contributed by atoms with Gasteiger partial charge in [0.05, 0.1) is 29.2 Å². The van der Waals surface area contributed by atoms with E-state index in [0.29, 0.717) is 62.2 Å². The Hall–Kier alpha value is -4.52. The normalized spacial score (nSPS) is 19.6. The van der Waals surface area contributed by atoms with Crippen LogP contribution in [0.25, 0.3) is 0 Å². The number of nitrogens with zero attached hydrogens (tertiary/aromatic N) is 6. The number of anilines is 2. The molecule has 296 valence electrons. The molecule has 0 bridgehead atoms. The van der Waals surface area contributed by atoms with Crippen LogP contribution in [-0.4, -0.2) is 64.7 Å². The Kier molecular flexibility index (Phi) is 10.5. The van der Waals surface area contributed by atoms with Gasteiger partial charge in [-0.3, -0.25) is 19.2 Å². The summed E-state index contributed by atoms with van der Waals surface area (Å²) >= 11 is 5.55. The van der Waals surface area contributed by atoms with E-state index in [1.54, 1.807) is 0 Å². The number of rotatable bonds is 15. The van der Waals surface area contributed by atoms with Crippen LogP contribution in [0.4, 0.5) is 10.0 Å². The van der Waals surface area contributed by atoms with Crippen molar-refractivity contribution in [1.82, 2.24) is 29.5 Å². The minimum absolute atomic E-state index is 0.0976. The number of aromatic nitrogens is 6. The highest BCUT2D eigenvalue weighted by atomic mass is 32.2. The minimum Gasteiger partial charge on any atom is -0.365 e. The van der Waals surface area contributed by atoms with Gasteiger partial charge in [-0.1, -0.05) is 53.9 Å². The largest absolute Gasteiger partial charge is 0.365 e. The number of thiophene rings is 2. The van der Waals surface area contributed by atoms with Crippen LogP contribution in [0.2, 0.25) is 0 Å². The molecule has 4 aromatic heterocycles. The van der Waals surface area contributed by atoms with E-state index < -0.39 is 11.8 Å². The van der Waals surface area contributed by atoms with E-state index in [0.717, 1.165) is 89.5 Å². The van der Waals surface area contributed by atoms with Gasteiger partial charge in [0.15, 0.2) is 10.3 Å². The standard InChI is InChI=1S/C39H42N10O4S4/c1-48-34(20-10-11-20)44-46-38(48)54-17-28(50)43-37-31(33(41)53)25-14-21(12-13-27(25)57-37)23-15-24(23)35-45-47-39(49(35)16-19-6-3-2-4-7-19)55-18-29(51)42-36-30(32(40)52)22-8-5-9-26(22)56-36/h2-4,6-7,20-21,23-24H,5,8-18H2,1H3,(H2,40,52)(H2,41,53)(H,42,51)(H,43,50). The van der Waals surface area contributed by atoms with Gasteiger partial charge in [-0.05, 0) is 86.3 Å². The highest BCUT2D eigenvalue weighted by Crippen LogP contribution is 2.56. The van der Waals surface area contributed by atoms with Crippen molar-refractivity contribution in [3.05, 3.63) is 79.6 Å². The van der Waals surface area contributed by atoms with Crippen molar-refractivity contribution in [2.45, 2.75) is 86.5 Å². The predicted octanol–water partition coefficient (Wildman–Crippen LogP) is 5.51. The summed E-state index contributed by atoms with van der Waals surface area (Å²) in [7, 11) is 1.93. The molecule has 4 aliphatic carbocycles. The zero-order chi connectivity index (χ0) is 39.4. The number of nitrogens with two attached hydrogens (primary N) is 2. The Labute approximate surface area is 345 Å². The molecule has 14 nitrogen and oxygen atoms in total. The average Bonchev–Trinajstić information content (AvgIpc) is 3.93. The van der Waals surface area contributed by atoms with E-state index in [4.69, 9.17) is 16.6 Å². The molecular formula is C39H42N10O4S4. The van der Waals surface area contributed by atoms with E-state index in [9.17, 15) is 19.2 Å². The molecule has 0 spiro atoms. The first kappa shape index (κ1) is 38.0. The van der Waals surface area contributed by atoms with Gasteiger partial charge in [0, 0.05) is 28.6 Å². The predicted molar refractivity (Wildman–Crippen MR) is 221 cm³/mol.